The van der Waals surface area contributed by atoms with E-state index in [-0.39, 0.29) is 24.1 Å². The normalized spacial score (nSPS) is 15.0. The molecule has 1 fully saturated rings. The predicted octanol–water partition coefficient (Wildman–Crippen LogP) is 2.91. The second-order valence-electron chi connectivity index (χ2n) is 6.87. The van der Waals surface area contributed by atoms with E-state index in [9.17, 15) is 14.0 Å². The van der Waals surface area contributed by atoms with Crippen LogP contribution in [0.15, 0.2) is 29.6 Å². The van der Waals surface area contributed by atoms with Crippen LogP contribution in [0.5, 0.6) is 0 Å². The van der Waals surface area contributed by atoms with Crippen LogP contribution < -0.4 is 5.32 Å². The molecular formula is C20H24FN3O2S. The molecule has 0 spiro atoms. The molecule has 1 aliphatic rings. The van der Waals surface area contributed by atoms with Gasteiger partial charge in [0.2, 0.25) is 11.8 Å². The van der Waals surface area contributed by atoms with E-state index in [1.807, 2.05) is 4.90 Å². The Labute approximate surface area is 162 Å². The second-order valence-corrected chi connectivity index (χ2v) is 7.76. The van der Waals surface area contributed by atoms with Gasteiger partial charge in [-0.25, -0.2) is 9.37 Å². The van der Waals surface area contributed by atoms with Crippen LogP contribution in [0.1, 0.15) is 41.9 Å². The van der Waals surface area contributed by atoms with Crippen LogP contribution in [0, 0.1) is 5.82 Å². The van der Waals surface area contributed by atoms with Crippen molar-refractivity contribution >= 4 is 23.2 Å². The first kappa shape index (κ1) is 19.5. The van der Waals surface area contributed by atoms with E-state index in [1.165, 1.54) is 19.1 Å². The van der Waals surface area contributed by atoms with Gasteiger partial charge in [0.25, 0.3) is 0 Å². The molecule has 0 saturated carbocycles. The molecule has 1 aromatic carbocycles. The summed E-state index contributed by atoms with van der Waals surface area (Å²) in [4.78, 5) is 29.9. The minimum Gasteiger partial charge on any atom is -0.356 e. The predicted molar refractivity (Wildman–Crippen MR) is 103 cm³/mol. The average molecular weight is 389 g/mol. The Balaban J connectivity index is 1.48. The van der Waals surface area contributed by atoms with Gasteiger partial charge in [0.15, 0.2) is 0 Å². The molecule has 2 aromatic rings. The summed E-state index contributed by atoms with van der Waals surface area (Å²) in [5.41, 5.74) is 1.72. The van der Waals surface area contributed by atoms with Gasteiger partial charge in [-0.1, -0.05) is 12.1 Å². The van der Waals surface area contributed by atoms with Crippen LogP contribution >= 0.6 is 11.3 Å². The molecule has 1 aromatic heterocycles. The van der Waals surface area contributed by atoms with E-state index in [2.05, 4.69) is 10.7 Å². The molecule has 0 radical (unpaired) electrons. The molecule has 3 rings (SSSR count). The van der Waals surface area contributed by atoms with Gasteiger partial charge in [-0.05, 0) is 30.5 Å². The summed E-state index contributed by atoms with van der Waals surface area (Å²) in [6.45, 7) is 3.53. The van der Waals surface area contributed by atoms with Gasteiger partial charge < -0.3 is 10.2 Å². The number of rotatable bonds is 6. The Kier molecular flexibility index (Phi) is 6.55. The van der Waals surface area contributed by atoms with Crippen molar-refractivity contribution in [2.45, 2.75) is 38.5 Å². The van der Waals surface area contributed by atoms with Crippen LogP contribution in [0.4, 0.5) is 4.39 Å². The first-order valence-corrected chi connectivity index (χ1v) is 10.1. The molecule has 1 saturated heterocycles. The number of halogens is 1. The zero-order valence-electron chi connectivity index (χ0n) is 15.4. The van der Waals surface area contributed by atoms with E-state index in [4.69, 9.17) is 4.98 Å². The van der Waals surface area contributed by atoms with Crippen LogP contribution in [-0.4, -0.2) is 41.3 Å². The van der Waals surface area contributed by atoms with Gasteiger partial charge in [-0.2, -0.15) is 0 Å². The van der Waals surface area contributed by atoms with Gasteiger partial charge in [0, 0.05) is 44.3 Å². The molecule has 2 amide bonds. The van der Waals surface area contributed by atoms with E-state index >= 15 is 0 Å². The minimum atomic E-state index is -0.308. The number of carbonyl (C=O) groups is 2. The quantitative estimate of drug-likeness (QED) is 0.826. The third-order valence-corrected chi connectivity index (χ3v) is 5.82. The van der Waals surface area contributed by atoms with Crippen LogP contribution in [0.3, 0.4) is 0 Å². The molecule has 1 aliphatic heterocycles. The number of thiazole rings is 1. The minimum absolute atomic E-state index is 0.0271. The van der Waals surface area contributed by atoms with E-state index in [1.54, 1.807) is 23.5 Å². The maximum absolute atomic E-state index is 13.3. The fraction of sp³-hybridized carbons (Fsp3) is 0.450. The molecule has 2 heterocycles. The fourth-order valence-corrected chi connectivity index (χ4v) is 4.33. The Morgan fingerprint density at radius 2 is 2.11 bits per heavy atom. The molecule has 27 heavy (non-hydrogen) atoms. The third kappa shape index (κ3) is 5.60. The Morgan fingerprint density at radius 3 is 2.81 bits per heavy atom. The van der Waals surface area contributed by atoms with Gasteiger partial charge in [0.1, 0.15) is 5.82 Å². The van der Waals surface area contributed by atoms with Crippen molar-refractivity contribution < 1.29 is 14.0 Å². The number of piperidine rings is 1. The summed E-state index contributed by atoms with van der Waals surface area (Å²) < 4.78 is 13.3. The number of amides is 2. The van der Waals surface area contributed by atoms with Crippen LogP contribution in [0.25, 0.3) is 0 Å². The van der Waals surface area contributed by atoms with Gasteiger partial charge >= 0.3 is 0 Å². The summed E-state index contributed by atoms with van der Waals surface area (Å²) in [5.74, 6) is 0.0924. The number of carbonyl (C=O) groups excluding carboxylic acids is 2. The Bertz CT molecular complexity index is 800. The number of benzene rings is 1. The number of likely N-dealkylation sites (tertiary alicyclic amines) is 1. The zero-order valence-corrected chi connectivity index (χ0v) is 16.2. The highest BCUT2D eigenvalue weighted by molar-refractivity contribution is 7.09. The molecule has 5 nitrogen and oxygen atoms in total. The summed E-state index contributed by atoms with van der Waals surface area (Å²) >= 11 is 1.66. The van der Waals surface area contributed by atoms with Gasteiger partial charge in [-0.3, -0.25) is 9.59 Å². The van der Waals surface area contributed by atoms with Crippen molar-refractivity contribution in [2.75, 3.05) is 19.6 Å². The van der Waals surface area contributed by atoms with E-state index in [0.29, 0.717) is 31.1 Å². The summed E-state index contributed by atoms with van der Waals surface area (Å²) in [6, 6.07) is 6.22. The number of nitrogens with one attached hydrogen (secondary N) is 1. The molecule has 0 aliphatic carbocycles. The van der Waals surface area contributed by atoms with Crippen molar-refractivity contribution in [3.8, 4) is 0 Å². The van der Waals surface area contributed by atoms with E-state index in [0.717, 1.165) is 30.0 Å². The SMILES string of the molecule is CC(=O)NCCc1csc(C2CCN(C(=O)Cc3cccc(F)c3)CC2)n1. The first-order chi connectivity index (χ1) is 13.0. The lowest BCUT2D eigenvalue weighted by Crippen LogP contribution is -2.38. The number of aromatic nitrogens is 1. The van der Waals surface area contributed by atoms with Gasteiger partial charge in [0.05, 0.1) is 17.1 Å². The highest BCUT2D eigenvalue weighted by Gasteiger charge is 2.25. The maximum Gasteiger partial charge on any atom is 0.226 e. The van der Waals surface area contributed by atoms with Crippen molar-refractivity contribution in [3.05, 3.63) is 51.7 Å². The Morgan fingerprint density at radius 1 is 1.33 bits per heavy atom. The highest BCUT2D eigenvalue weighted by atomic mass is 32.1. The Hall–Kier alpha value is -2.28. The van der Waals surface area contributed by atoms with Crippen LogP contribution in [0.2, 0.25) is 0 Å². The smallest absolute Gasteiger partial charge is 0.226 e. The molecule has 0 atom stereocenters. The van der Waals surface area contributed by atoms with Crippen molar-refractivity contribution in [3.63, 3.8) is 0 Å². The molecule has 0 unspecified atom stereocenters. The molecular weight excluding hydrogens is 365 g/mol. The van der Waals surface area contributed by atoms with Gasteiger partial charge in [-0.15, -0.1) is 11.3 Å². The molecule has 144 valence electrons. The number of hydrogen-bond donors (Lipinski definition) is 1. The lowest BCUT2D eigenvalue weighted by molar-refractivity contribution is -0.131. The fourth-order valence-electron chi connectivity index (χ4n) is 3.30. The molecule has 7 heteroatoms. The average Bonchev–Trinajstić information content (AvgIpc) is 3.10. The van der Waals surface area contributed by atoms with Crippen LogP contribution in [-0.2, 0) is 22.4 Å². The maximum atomic E-state index is 13.3. The lowest BCUT2D eigenvalue weighted by Gasteiger charge is -2.31. The molecule has 0 bridgehead atoms. The third-order valence-electron chi connectivity index (χ3n) is 4.77. The van der Waals surface area contributed by atoms with Crippen molar-refractivity contribution in [1.82, 2.24) is 15.2 Å². The summed E-state index contributed by atoms with van der Waals surface area (Å²) in [6.07, 6.45) is 2.77. The van der Waals surface area contributed by atoms with Crippen molar-refractivity contribution in [2.24, 2.45) is 0 Å². The lowest BCUT2D eigenvalue weighted by atomic mass is 9.97. The topological polar surface area (TPSA) is 62.3 Å². The standard InChI is InChI=1S/C20H24FN3O2S/c1-14(25)22-8-5-18-13-27-20(23-18)16-6-9-24(10-7-16)19(26)12-15-3-2-4-17(21)11-15/h2-4,11,13,16H,5-10,12H2,1H3,(H,22,25). The highest BCUT2D eigenvalue weighted by Crippen LogP contribution is 2.30. The second kappa shape index (κ2) is 9.08. The number of nitrogens with zero attached hydrogens (tertiary/aromatic N) is 2. The van der Waals surface area contributed by atoms with Crippen molar-refractivity contribution in [1.29, 1.82) is 0 Å². The zero-order chi connectivity index (χ0) is 19.2. The van der Waals surface area contributed by atoms with E-state index < -0.39 is 0 Å². The summed E-state index contributed by atoms with van der Waals surface area (Å²) in [5, 5.41) is 5.95. The first-order valence-electron chi connectivity index (χ1n) is 9.22. The summed E-state index contributed by atoms with van der Waals surface area (Å²) in [7, 11) is 0. The largest absolute Gasteiger partial charge is 0.356 e. The number of hydrogen-bond acceptors (Lipinski definition) is 4. The monoisotopic (exact) mass is 389 g/mol. The molecule has 1 N–H and O–H groups in total.